The van der Waals surface area contributed by atoms with E-state index in [0.29, 0.717) is 29.3 Å². The van der Waals surface area contributed by atoms with Gasteiger partial charge < -0.3 is 15.2 Å². The number of methoxy groups -OCH3 is 1. The van der Waals surface area contributed by atoms with E-state index in [1.54, 1.807) is 25.3 Å². The van der Waals surface area contributed by atoms with Gasteiger partial charge in [0.05, 0.1) is 11.1 Å². The van der Waals surface area contributed by atoms with Crippen LogP contribution in [-0.4, -0.2) is 36.7 Å². The van der Waals surface area contributed by atoms with Crippen molar-refractivity contribution >= 4 is 29.1 Å². The molecule has 144 valence electrons. The molecule has 2 amide bonds. The highest BCUT2D eigenvalue weighted by atomic mass is 35.5. The van der Waals surface area contributed by atoms with E-state index in [1.165, 1.54) is 4.90 Å². The number of benzene rings is 1. The summed E-state index contributed by atoms with van der Waals surface area (Å²) >= 11 is 6.39. The molecule has 1 aromatic carbocycles. The van der Waals surface area contributed by atoms with Crippen molar-refractivity contribution in [3.05, 3.63) is 23.2 Å². The van der Waals surface area contributed by atoms with Crippen LogP contribution in [-0.2, 0) is 14.3 Å². The number of carbonyl (C=O) groups excluding carboxylic acids is 2. The van der Waals surface area contributed by atoms with E-state index in [0.717, 1.165) is 25.7 Å². The molecular formula is C20H23ClN2O4. The summed E-state index contributed by atoms with van der Waals surface area (Å²) in [5.74, 6) is 1.46. The van der Waals surface area contributed by atoms with Crippen LogP contribution in [0.15, 0.2) is 18.2 Å². The first-order chi connectivity index (χ1) is 12.9. The molecule has 0 heterocycles. The fourth-order valence-electron chi connectivity index (χ4n) is 3.87. The number of nitrogens with two attached hydrogens (primary N) is 1. The number of carbonyl (C=O) groups is 2. The lowest BCUT2D eigenvalue weighted by Gasteiger charge is -2.38. The third kappa shape index (κ3) is 3.62. The van der Waals surface area contributed by atoms with E-state index >= 15 is 0 Å². The zero-order valence-electron chi connectivity index (χ0n) is 15.2. The molecule has 1 aromatic rings. The third-order valence-corrected chi connectivity index (χ3v) is 5.79. The molecule has 0 aliphatic heterocycles. The minimum atomic E-state index is -1.12. The largest absolute Gasteiger partial charge is 0.489 e. The number of hydrogen-bond acceptors (Lipinski definition) is 4. The number of primary amides is 1. The van der Waals surface area contributed by atoms with Gasteiger partial charge in [-0.1, -0.05) is 24.4 Å². The van der Waals surface area contributed by atoms with Gasteiger partial charge in [-0.2, -0.15) is 0 Å². The normalized spacial score (nSPS) is 23.1. The first-order valence-electron chi connectivity index (χ1n) is 9.01. The second kappa shape index (κ2) is 7.79. The summed E-state index contributed by atoms with van der Waals surface area (Å²) < 4.78 is 11.1. The van der Waals surface area contributed by atoms with Crippen LogP contribution in [0.4, 0.5) is 5.69 Å². The first kappa shape index (κ1) is 19.5. The molecule has 7 heteroatoms. The first-order valence-corrected chi connectivity index (χ1v) is 9.39. The van der Waals surface area contributed by atoms with Gasteiger partial charge in [0.2, 0.25) is 5.91 Å². The molecule has 6 nitrogen and oxygen atoms in total. The Morgan fingerprint density at radius 1 is 1.30 bits per heavy atom. The quantitative estimate of drug-likeness (QED) is 0.757. The van der Waals surface area contributed by atoms with Crippen LogP contribution in [0.5, 0.6) is 5.75 Å². The average Bonchev–Trinajstić information content (AvgIpc) is 3.10. The maximum Gasteiger partial charge on any atom is 0.303 e. The number of ether oxygens (including phenoxy) is 2. The predicted octanol–water partition coefficient (Wildman–Crippen LogP) is 2.66. The van der Waals surface area contributed by atoms with E-state index in [2.05, 4.69) is 5.92 Å². The van der Waals surface area contributed by atoms with Crippen molar-refractivity contribution in [2.45, 2.75) is 56.3 Å². The molecule has 2 aliphatic carbocycles. The summed E-state index contributed by atoms with van der Waals surface area (Å²) in [5.41, 5.74) is 5.01. The standard InChI is InChI=1S/C20H23ClN2O4/c1-3-18(24)23(20(19(22)25)8-4-5-9-20)13-6-7-17(16(21)10-13)27-15-11-14(12-15)26-2/h1,6-7,10,14-15H,4-5,8-9,11-12H2,2H3,(H2,22,25). The van der Waals surface area contributed by atoms with Crippen molar-refractivity contribution in [2.24, 2.45) is 5.73 Å². The smallest absolute Gasteiger partial charge is 0.303 e. The fraction of sp³-hybridized carbons (Fsp3) is 0.500. The van der Waals surface area contributed by atoms with Gasteiger partial charge in [0.1, 0.15) is 17.4 Å². The summed E-state index contributed by atoms with van der Waals surface area (Å²) in [5, 5.41) is 0.348. The molecule has 0 unspecified atom stereocenters. The Morgan fingerprint density at radius 3 is 2.48 bits per heavy atom. The Bertz CT molecular complexity index is 777. The summed E-state index contributed by atoms with van der Waals surface area (Å²) in [7, 11) is 1.68. The van der Waals surface area contributed by atoms with E-state index < -0.39 is 17.4 Å². The molecule has 0 bridgehead atoms. The van der Waals surface area contributed by atoms with Gasteiger partial charge in [0, 0.05) is 25.6 Å². The predicted molar refractivity (Wildman–Crippen MR) is 103 cm³/mol. The van der Waals surface area contributed by atoms with Crippen molar-refractivity contribution in [1.82, 2.24) is 0 Å². The Kier molecular flexibility index (Phi) is 5.64. The summed E-state index contributed by atoms with van der Waals surface area (Å²) in [4.78, 5) is 26.1. The van der Waals surface area contributed by atoms with Gasteiger partial charge in [-0.25, -0.2) is 0 Å². The summed E-state index contributed by atoms with van der Waals surface area (Å²) in [6, 6.07) is 4.98. The Hall–Kier alpha value is -2.23. The van der Waals surface area contributed by atoms with Crippen molar-refractivity contribution < 1.29 is 19.1 Å². The Morgan fingerprint density at radius 2 is 1.96 bits per heavy atom. The van der Waals surface area contributed by atoms with Gasteiger partial charge in [0.15, 0.2) is 0 Å². The van der Waals surface area contributed by atoms with Crippen molar-refractivity contribution in [3.63, 3.8) is 0 Å². The van der Waals surface area contributed by atoms with Crippen LogP contribution >= 0.6 is 11.6 Å². The minimum Gasteiger partial charge on any atom is -0.489 e. The van der Waals surface area contributed by atoms with Gasteiger partial charge in [0.25, 0.3) is 0 Å². The van der Waals surface area contributed by atoms with Crippen LogP contribution in [0, 0.1) is 12.3 Å². The molecule has 2 fully saturated rings. The van der Waals surface area contributed by atoms with Crippen LogP contribution in [0.2, 0.25) is 5.02 Å². The highest BCUT2D eigenvalue weighted by Crippen LogP contribution is 2.41. The number of nitrogens with zero attached hydrogens (tertiary/aromatic N) is 1. The molecular weight excluding hydrogens is 368 g/mol. The second-order valence-electron chi connectivity index (χ2n) is 7.07. The molecule has 0 spiro atoms. The Balaban J connectivity index is 1.87. The monoisotopic (exact) mass is 390 g/mol. The molecule has 0 saturated heterocycles. The molecule has 27 heavy (non-hydrogen) atoms. The highest BCUT2D eigenvalue weighted by Gasteiger charge is 2.47. The van der Waals surface area contributed by atoms with E-state index in [1.807, 2.05) is 0 Å². The molecule has 3 rings (SSSR count). The van der Waals surface area contributed by atoms with Crippen molar-refractivity contribution in [1.29, 1.82) is 0 Å². The van der Waals surface area contributed by atoms with Gasteiger partial charge in [-0.05, 0) is 37.0 Å². The van der Waals surface area contributed by atoms with E-state index in [9.17, 15) is 9.59 Å². The number of halogens is 1. The lowest BCUT2D eigenvalue weighted by molar-refractivity contribution is -0.126. The summed E-state index contributed by atoms with van der Waals surface area (Å²) in [6.45, 7) is 0. The number of terminal acetylenes is 1. The maximum absolute atomic E-state index is 12.5. The molecule has 2 aliphatic rings. The van der Waals surface area contributed by atoms with Gasteiger partial charge in [-0.3, -0.25) is 14.5 Å². The van der Waals surface area contributed by atoms with Crippen molar-refractivity contribution in [3.8, 4) is 18.1 Å². The van der Waals surface area contributed by atoms with E-state index in [4.69, 9.17) is 33.2 Å². The number of anilines is 1. The topological polar surface area (TPSA) is 81.9 Å². The van der Waals surface area contributed by atoms with Gasteiger partial charge >= 0.3 is 5.91 Å². The van der Waals surface area contributed by atoms with Crippen LogP contribution < -0.4 is 15.4 Å². The molecule has 2 saturated carbocycles. The molecule has 0 radical (unpaired) electrons. The summed E-state index contributed by atoms with van der Waals surface area (Å²) in [6.07, 6.45) is 9.80. The number of rotatable bonds is 6. The van der Waals surface area contributed by atoms with E-state index in [-0.39, 0.29) is 12.2 Å². The Labute approximate surface area is 163 Å². The van der Waals surface area contributed by atoms with Gasteiger partial charge in [-0.15, -0.1) is 6.42 Å². The number of amides is 2. The zero-order valence-corrected chi connectivity index (χ0v) is 16.0. The molecule has 0 aromatic heterocycles. The lowest BCUT2D eigenvalue weighted by atomic mass is 9.92. The van der Waals surface area contributed by atoms with Crippen LogP contribution in [0.3, 0.4) is 0 Å². The minimum absolute atomic E-state index is 0.0496. The molecule has 0 atom stereocenters. The maximum atomic E-state index is 12.5. The van der Waals surface area contributed by atoms with Crippen LogP contribution in [0.1, 0.15) is 38.5 Å². The second-order valence-corrected chi connectivity index (χ2v) is 7.48. The fourth-order valence-corrected chi connectivity index (χ4v) is 4.09. The van der Waals surface area contributed by atoms with Crippen molar-refractivity contribution in [2.75, 3.05) is 12.0 Å². The zero-order chi connectivity index (χ0) is 19.6. The average molecular weight is 391 g/mol. The lowest BCUT2D eigenvalue weighted by Crippen LogP contribution is -2.58. The SMILES string of the molecule is C#CC(=O)N(c1ccc(OC2CC(OC)C2)c(Cl)c1)C1(C(N)=O)CCCC1. The molecule has 2 N–H and O–H groups in total. The van der Waals surface area contributed by atoms with Crippen LogP contribution in [0.25, 0.3) is 0 Å². The number of hydrogen-bond donors (Lipinski definition) is 1. The highest BCUT2D eigenvalue weighted by molar-refractivity contribution is 6.32. The third-order valence-electron chi connectivity index (χ3n) is 5.50.